The molecule has 1 aromatic rings. The van der Waals surface area contributed by atoms with Gasteiger partial charge in [0.1, 0.15) is 5.75 Å². The summed E-state index contributed by atoms with van der Waals surface area (Å²) < 4.78 is 5.23. The Kier molecular flexibility index (Phi) is 6.61. The van der Waals surface area contributed by atoms with Crippen molar-refractivity contribution in [2.24, 2.45) is 5.73 Å². The normalized spacial score (nSPS) is 9.60. The lowest BCUT2D eigenvalue weighted by atomic mass is 10.1. The molecule has 4 heteroatoms. The molecule has 108 valence electrons. The Morgan fingerprint density at radius 2 is 2.20 bits per heavy atom. The number of hydrogen-bond donors (Lipinski definition) is 1. The molecule has 20 heavy (non-hydrogen) atoms. The first-order valence-electron chi connectivity index (χ1n) is 6.76. The Morgan fingerprint density at radius 1 is 1.45 bits per heavy atom. The molecule has 0 spiro atoms. The van der Waals surface area contributed by atoms with E-state index in [1.807, 2.05) is 7.05 Å². The Morgan fingerprint density at radius 3 is 2.80 bits per heavy atom. The van der Waals surface area contributed by atoms with Gasteiger partial charge in [-0.25, -0.2) is 0 Å². The molecule has 0 atom stereocenters. The minimum atomic E-state index is -0.00287. The lowest BCUT2D eigenvalue weighted by Gasteiger charge is -2.17. The number of nitrogens with zero attached hydrogens (tertiary/aromatic N) is 1. The number of benzene rings is 1. The van der Waals surface area contributed by atoms with Crippen LogP contribution in [0.3, 0.4) is 0 Å². The highest BCUT2D eigenvalue weighted by Gasteiger charge is 2.13. The first kappa shape index (κ1) is 16.1. The molecule has 0 aromatic heterocycles. The number of hydrogen-bond acceptors (Lipinski definition) is 3. The van der Waals surface area contributed by atoms with Gasteiger partial charge in [0.15, 0.2) is 0 Å². The van der Waals surface area contributed by atoms with Crippen molar-refractivity contribution in [2.75, 3.05) is 27.2 Å². The van der Waals surface area contributed by atoms with Gasteiger partial charge in [0.25, 0.3) is 5.91 Å². The fourth-order valence-corrected chi connectivity index (χ4v) is 1.80. The highest BCUT2D eigenvalue weighted by Crippen LogP contribution is 2.19. The van der Waals surface area contributed by atoms with Gasteiger partial charge in [-0.15, -0.1) is 0 Å². The number of ether oxygens (including phenoxy) is 1. The van der Waals surface area contributed by atoms with Crippen LogP contribution in [0.1, 0.15) is 35.7 Å². The van der Waals surface area contributed by atoms with E-state index in [-0.39, 0.29) is 12.5 Å². The summed E-state index contributed by atoms with van der Waals surface area (Å²) >= 11 is 0. The van der Waals surface area contributed by atoms with Crippen molar-refractivity contribution >= 4 is 5.91 Å². The zero-order valence-electron chi connectivity index (χ0n) is 12.4. The van der Waals surface area contributed by atoms with E-state index in [1.165, 1.54) is 0 Å². The summed E-state index contributed by atoms with van der Waals surface area (Å²) in [5, 5.41) is 0. The van der Waals surface area contributed by atoms with Gasteiger partial charge in [0, 0.05) is 19.2 Å². The molecule has 0 heterocycles. The Labute approximate surface area is 120 Å². The lowest BCUT2D eigenvalue weighted by molar-refractivity contribution is 0.0793. The van der Waals surface area contributed by atoms with Crippen LogP contribution in [-0.4, -0.2) is 38.1 Å². The van der Waals surface area contributed by atoms with Crippen molar-refractivity contribution in [3.8, 4) is 17.6 Å². The number of unbranched alkanes of at least 4 members (excludes halogenated alkanes) is 1. The van der Waals surface area contributed by atoms with Crippen LogP contribution < -0.4 is 10.5 Å². The summed E-state index contributed by atoms with van der Waals surface area (Å²) in [5.41, 5.74) is 6.68. The second-order valence-corrected chi connectivity index (χ2v) is 4.50. The second kappa shape index (κ2) is 8.23. The molecule has 4 nitrogen and oxygen atoms in total. The van der Waals surface area contributed by atoms with Crippen LogP contribution in [0.2, 0.25) is 0 Å². The molecule has 1 rings (SSSR count). The number of nitrogens with two attached hydrogens (primary N) is 1. The van der Waals surface area contributed by atoms with Gasteiger partial charge < -0.3 is 15.4 Å². The zero-order chi connectivity index (χ0) is 15.0. The molecule has 0 unspecified atom stereocenters. The van der Waals surface area contributed by atoms with E-state index in [4.69, 9.17) is 10.5 Å². The maximum Gasteiger partial charge on any atom is 0.253 e. The molecule has 0 saturated heterocycles. The number of methoxy groups -OCH3 is 1. The SMILES string of the molecule is CCCCN(C)C(=O)c1ccc(OC)c(C#CCN)c1. The van der Waals surface area contributed by atoms with Crippen LogP contribution in [0, 0.1) is 11.8 Å². The molecule has 0 aliphatic rings. The number of carbonyl (C=O) groups excluding carboxylic acids is 1. The van der Waals surface area contributed by atoms with Crippen LogP contribution in [0.4, 0.5) is 0 Å². The van der Waals surface area contributed by atoms with E-state index in [0.717, 1.165) is 19.4 Å². The summed E-state index contributed by atoms with van der Waals surface area (Å²) in [6.07, 6.45) is 2.06. The van der Waals surface area contributed by atoms with Gasteiger partial charge in [0.05, 0.1) is 19.2 Å². The fraction of sp³-hybridized carbons (Fsp3) is 0.438. The summed E-state index contributed by atoms with van der Waals surface area (Å²) in [4.78, 5) is 14.0. The highest BCUT2D eigenvalue weighted by atomic mass is 16.5. The van der Waals surface area contributed by atoms with Gasteiger partial charge >= 0.3 is 0 Å². The quantitative estimate of drug-likeness (QED) is 0.834. The maximum absolute atomic E-state index is 12.3. The minimum Gasteiger partial charge on any atom is -0.495 e. The first-order chi connectivity index (χ1) is 9.63. The minimum absolute atomic E-state index is 0.00287. The van der Waals surface area contributed by atoms with Crippen molar-refractivity contribution < 1.29 is 9.53 Å². The molecule has 1 amide bonds. The Bertz CT molecular complexity index is 515. The van der Waals surface area contributed by atoms with Gasteiger partial charge in [-0.3, -0.25) is 4.79 Å². The molecular weight excluding hydrogens is 252 g/mol. The fourth-order valence-electron chi connectivity index (χ4n) is 1.80. The molecule has 0 fully saturated rings. The third-order valence-electron chi connectivity index (χ3n) is 2.97. The molecule has 2 N–H and O–H groups in total. The number of carbonyl (C=O) groups is 1. The Hall–Kier alpha value is -1.99. The first-order valence-corrected chi connectivity index (χ1v) is 6.76. The number of rotatable bonds is 5. The van der Waals surface area contributed by atoms with Crippen LogP contribution in [0.15, 0.2) is 18.2 Å². The predicted octanol–water partition coefficient (Wildman–Crippen LogP) is 1.88. The van der Waals surface area contributed by atoms with Crippen molar-refractivity contribution in [1.82, 2.24) is 4.90 Å². The topological polar surface area (TPSA) is 55.6 Å². The number of amides is 1. The molecule has 0 aliphatic heterocycles. The van der Waals surface area contributed by atoms with Crippen molar-refractivity contribution in [3.05, 3.63) is 29.3 Å². The average Bonchev–Trinajstić information content (AvgIpc) is 2.49. The smallest absolute Gasteiger partial charge is 0.253 e. The van der Waals surface area contributed by atoms with Crippen LogP contribution >= 0.6 is 0 Å². The van der Waals surface area contributed by atoms with Crippen molar-refractivity contribution in [1.29, 1.82) is 0 Å². The van der Waals surface area contributed by atoms with Gasteiger partial charge in [-0.2, -0.15) is 0 Å². The molecule has 0 aliphatic carbocycles. The van der Waals surface area contributed by atoms with Crippen LogP contribution in [0.5, 0.6) is 5.75 Å². The Balaban J connectivity index is 2.98. The van der Waals surface area contributed by atoms with Crippen LogP contribution in [0.25, 0.3) is 0 Å². The van der Waals surface area contributed by atoms with Crippen molar-refractivity contribution in [3.63, 3.8) is 0 Å². The molecular formula is C16H22N2O2. The highest BCUT2D eigenvalue weighted by molar-refractivity contribution is 5.94. The predicted molar refractivity (Wildman–Crippen MR) is 80.8 cm³/mol. The lowest BCUT2D eigenvalue weighted by Crippen LogP contribution is -2.27. The van der Waals surface area contributed by atoms with Gasteiger partial charge in [-0.1, -0.05) is 25.2 Å². The van der Waals surface area contributed by atoms with E-state index in [0.29, 0.717) is 16.9 Å². The van der Waals surface area contributed by atoms with Gasteiger partial charge in [0.2, 0.25) is 0 Å². The van der Waals surface area contributed by atoms with E-state index < -0.39 is 0 Å². The zero-order valence-corrected chi connectivity index (χ0v) is 12.4. The monoisotopic (exact) mass is 274 g/mol. The average molecular weight is 274 g/mol. The third-order valence-corrected chi connectivity index (χ3v) is 2.97. The molecule has 0 bridgehead atoms. The van der Waals surface area contributed by atoms with E-state index in [1.54, 1.807) is 30.2 Å². The van der Waals surface area contributed by atoms with E-state index >= 15 is 0 Å². The van der Waals surface area contributed by atoms with Gasteiger partial charge in [-0.05, 0) is 24.6 Å². The van der Waals surface area contributed by atoms with Crippen molar-refractivity contribution in [2.45, 2.75) is 19.8 Å². The molecule has 1 aromatic carbocycles. The summed E-state index contributed by atoms with van der Waals surface area (Å²) in [7, 11) is 3.39. The molecule has 0 saturated carbocycles. The maximum atomic E-state index is 12.3. The molecule has 0 radical (unpaired) electrons. The second-order valence-electron chi connectivity index (χ2n) is 4.50. The van der Waals surface area contributed by atoms with E-state index in [9.17, 15) is 4.79 Å². The summed E-state index contributed by atoms with van der Waals surface area (Å²) in [6, 6.07) is 5.28. The van der Waals surface area contributed by atoms with Crippen LogP contribution in [-0.2, 0) is 0 Å². The summed E-state index contributed by atoms with van der Waals surface area (Å²) in [5.74, 6) is 6.36. The summed E-state index contributed by atoms with van der Waals surface area (Å²) in [6.45, 7) is 3.13. The van der Waals surface area contributed by atoms with E-state index in [2.05, 4.69) is 18.8 Å². The third kappa shape index (κ3) is 4.29. The largest absolute Gasteiger partial charge is 0.495 e. The standard InChI is InChI=1S/C16H22N2O2/c1-4-5-11-18(2)16(19)14-8-9-15(20-3)13(12-14)7-6-10-17/h8-9,12H,4-5,10-11,17H2,1-3H3.